The molecule has 0 atom stereocenters. The van der Waals surface area contributed by atoms with Crippen LogP contribution in [0.25, 0.3) is 0 Å². The Morgan fingerprint density at radius 2 is 1.54 bits per heavy atom. The van der Waals surface area contributed by atoms with Crippen molar-refractivity contribution >= 4 is 11.8 Å². The number of nitrogens with zero attached hydrogens (tertiary/aromatic N) is 4. The zero-order valence-corrected chi connectivity index (χ0v) is 17.4. The molecule has 0 aromatic heterocycles. The minimum absolute atomic E-state index is 0.0960. The van der Waals surface area contributed by atoms with E-state index in [0.717, 1.165) is 64.5 Å². The standard InChI is InChI=1S/C22H34N4O2/c1-19(27)26-16-14-25(15-17-26)18-20-6-8-21(9-7-20)22(28)23(2)12-13-24-10-4-3-5-11-24/h6-9H,3-5,10-18H2,1-2H3. The van der Waals surface area contributed by atoms with Crippen LogP contribution >= 0.6 is 0 Å². The number of carbonyl (C=O) groups excluding carboxylic acids is 2. The molecule has 2 aliphatic heterocycles. The van der Waals surface area contributed by atoms with Gasteiger partial charge in [0, 0.05) is 65.3 Å². The average Bonchev–Trinajstić information content (AvgIpc) is 2.73. The maximum Gasteiger partial charge on any atom is 0.253 e. The molecule has 1 aromatic rings. The molecule has 28 heavy (non-hydrogen) atoms. The van der Waals surface area contributed by atoms with Gasteiger partial charge < -0.3 is 14.7 Å². The van der Waals surface area contributed by atoms with Crippen LogP contribution in [0.3, 0.4) is 0 Å². The van der Waals surface area contributed by atoms with E-state index in [-0.39, 0.29) is 11.8 Å². The normalized spacial score (nSPS) is 18.9. The number of piperidine rings is 1. The van der Waals surface area contributed by atoms with Gasteiger partial charge in [-0.15, -0.1) is 0 Å². The smallest absolute Gasteiger partial charge is 0.253 e. The fourth-order valence-corrected chi connectivity index (χ4v) is 4.03. The Hall–Kier alpha value is -1.92. The molecule has 0 saturated carbocycles. The molecule has 2 saturated heterocycles. The van der Waals surface area contributed by atoms with Crippen molar-refractivity contribution in [3.8, 4) is 0 Å². The van der Waals surface area contributed by atoms with E-state index in [2.05, 4.69) is 21.9 Å². The van der Waals surface area contributed by atoms with Crippen LogP contribution in [0.5, 0.6) is 0 Å². The first-order valence-electron chi connectivity index (χ1n) is 10.6. The molecule has 1 aromatic carbocycles. The summed E-state index contributed by atoms with van der Waals surface area (Å²) in [6.45, 7) is 9.97. The van der Waals surface area contributed by atoms with Crippen molar-refractivity contribution in [2.45, 2.75) is 32.7 Å². The topological polar surface area (TPSA) is 47.1 Å². The molecule has 0 bridgehead atoms. The van der Waals surface area contributed by atoms with Gasteiger partial charge in [0.2, 0.25) is 5.91 Å². The third-order valence-electron chi connectivity index (χ3n) is 5.97. The van der Waals surface area contributed by atoms with Gasteiger partial charge in [0.15, 0.2) is 0 Å². The monoisotopic (exact) mass is 386 g/mol. The minimum Gasteiger partial charge on any atom is -0.340 e. The molecule has 3 rings (SSSR count). The van der Waals surface area contributed by atoms with Crippen molar-refractivity contribution in [2.24, 2.45) is 0 Å². The Kier molecular flexibility index (Phi) is 7.45. The van der Waals surface area contributed by atoms with Crippen LogP contribution in [0.4, 0.5) is 0 Å². The molecular formula is C22H34N4O2. The van der Waals surface area contributed by atoms with Crippen LogP contribution in [0.1, 0.15) is 42.1 Å². The first-order chi connectivity index (χ1) is 13.5. The molecule has 6 heteroatoms. The Labute approximate surface area is 169 Å². The quantitative estimate of drug-likeness (QED) is 0.749. The highest BCUT2D eigenvalue weighted by Crippen LogP contribution is 2.12. The fourth-order valence-electron chi connectivity index (χ4n) is 4.03. The van der Waals surface area contributed by atoms with Crippen molar-refractivity contribution in [1.29, 1.82) is 0 Å². The first kappa shape index (κ1) is 20.8. The summed E-state index contributed by atoms with van der Waals surface area (Å²) in [5.74, 6) is 0.255. The maximum atomic E-state index is 12.7. The van der Waals surface area contributed by atoms with Crippen LogP contribution in [-0.4, -0.2) is 90.8 Å². The number of amides is 2. The van der Waals surface area contributed by atoms with Gasteiger partial charge in [-0.05, 0) is 43.6 Å². The molecule has 6 nitrogen and oxygen atoms in total. The average molecular weight is 387 g/mol. The van der Waals surface area contributed by atoms with E-state index in [0.29, 0.717) is 0 Å². The number of hydrogen-bond donors (Lipinski definition) is 0. The molecule has 2 aliphatic rings. The number of benzene rings is 1. The molecule has 2 fully saturated rings. The number of hydrogen-bond acceptors (Lipinski definition) is 4. The van der Waals surface area contributed by atoms with E-state index in [4.69, 9.17) is 0 Å². The summed E-state index contributed by atoms with van der Waals surface area (Å²) in [4.78, 5) is 32.7. The van der Waals surface area contributed by atoms with Gasteiger partial charge >= 0.3 is 0 Å². The van der Waals surface area contributed by atoms with Gasteiger partial charge in [0.05, 0.1) is 0 Å². The summed E-state index contributed by atoms with van der Waals surface area (Å²) in [7, 11) is 1.90. The van der Waals surface area contributed by atoms with E-state index in [1.54, 1.807) is 6.92 Å². The SMILES string of the molecule is CC(=O)N1CCN(Cc2ccc(C(=O)N(C)CCN3CCCCC3)cc2)CC1. The molecule has 0 N–H and O–H groups in total. The van der Waals surface area contributed by atoms with Gasteiger partial charge in [-0.2, -0.15) is 0 Å². The Bertz CT molecular complexity index is 647. The summed E-state index contributed by atoms with van der Waals surface area (Å²) in [5.41, 5.74) is 1.97. The second-order valence-corrected chi connectivity index (χ2v) is 8.11. The summed E-state index contributed by atoms with van der Waals surface area (Å²) < 4.78 is 0. The minimum atomic E-state index is 0.0960. The molecule has 0 unspecified atom stereocenters. The summed E-state index contributed by atoms with van der Waals surface area (Å²) >= 11 is 0. The second kappa shape index (κ2) is 10.0. The van der Waals surface area contributed by atoms with Gasteiger partial charge in [0.25, 0.3) is 5.91 Å². The zero-order chi connectivity index (χ0) is 19.9. The van der Waals surface area contributed by atoms with Crippen molar-refractivity contribution in [1.82, 2.24) is 19.6 Å². The zero-order valence-electron chi connectivity index (χ0n) is 17.4. The van der Waals surface area contributed by atoms with E-state index in [9.17, 15) is 9.59 Å². The third-order valence-corrected chi connectivity index (χ3v) is 5.97. The van der Waals surface area contributed by atoms with Crippen LogP contribution in [-0.2, 0) is 11.3 Å². The highest BCUT2D eigenvalue weighted by atomic mass is 16.2. The summed E-state index contributed by atoms with van der Waals surface area (Å²) in [5, 5.41) is 0. The van der Waals surface area contributed by atoms with Crippen molar-refractivity contribution in [2.75, 3.05) is 59.4 Å². The Morgan fingerprint density at radius 3 is 2.14 bits per heavy atom. The number of piperazine rings is 1. The summed E-state index contributed by atoms with van der Waals surface area (Å²) in [6, 6.07) is 8.01. The summed E-state index contributed by atoms with van der Waals surface area (Å²) in [6.07, 6.45) is 3.90. The third kappa shape index (κ3) is 5.79. The van der Waals surface area contributed by atoms with Gasteiger partial charge in [0.1, 0.15) is 0 Å². The molecule has 154 valence electrons. The van der Waals surface area contributed by atoms with Crippen molar-refractivity contribution in [3.63, 3.8) is 0 Å². The number of likely N-dealkylation sites (tertiary alicyclic amines) is 1. The molecule has 2 heterocycles. The number of rotatable bonds is 6. The lowest BCUT2D eigenvalue weighted by Crippen LogP contribution is -2.47. The molecule has 0 radical (unpaired) electrons. The van der Waals surface area contributed by atoms with Gasteiger partial charge in [-0.1, -0.05) is 18.6 Å². The van der Waals surface area contributed by atoms with E-state index >= 15 is 0 Å². The molecule has 0 spiro atoms. The number of carbonyl (C=O) groups is 2. The lowest BCUT2D eigenvalue weighted by atomic mass is 10.1. The Morgan fingerprint density at radius 1 is 0.893 bits per heavy atom. The van der Waals surface area contributed by atoms with E-state index < -0.39 is 0 Å². The second-order valence-electron chi connectivity index (χ2n) is 8.11. The van der Waals surface area contributed by atoms with Crippen molar-refractivity contribution < 1.29 is 9.59 Å². The lowest BCUT2D eigenvalue weighted by Gasteiger charge is -2.34. The van der Waals surface area contributed by atoms with Crippen LogP contribution in [0, 0.1) is 0 Å². The molecule has 2 amide bonds. The highest BCUT2D eigenvalue weighted by Gasteiger charge is 2.19. The van der Waals surface area contributed by atoms with Gasteiger partial charge in [-0.25, -0.2) is 0 Å². The molecule has 0 aliphatic carbocycles. The first-order valence-corrected chi connectivity index (χ1v) is 10.6. The molecular weight excluding hydrogens is 352 g/mol. The van der Waals surface area contributed by atoms with Crippen LogP contribution in [0.15, 0.2) is 24.3 Å². The van der Waals surface area contributed by atoms with Crippen LogP contribution in [0.2, 0.25) is 0 Å². The number of likely N-dealkylation sites (N-methyl/N-ethyl adjacent to an activating group) is 1. The lowest BCUT2D eigenvalue weighted by molar-refractivity contribution is -0.130. The predicted molar refractivity (Wildman–Crippen MR) is 111 cm³/mol. The van der Waals surface area contributed by atoms with E-state index in [1.165, 1.54) is 24.8 Å². The highest BCUT2D eigenvalue weighted by molar-refractivity contribution is 5.94. The maximum absolute atomic E-state index is 12.7. The van der Waals surface area contributed by atoms with Crippen molar-refractivity contribution in [3.05, 3.63) is 35.4 Å². The van der Waals surface area contributed by atoms with E-state index in [1.807, 2.05) is 29.0 Å². The van der Waals surface area contributed by atoms with Crippen LogP contribution < -0.4 is 0 Å². The fraction of sp³-hybridized carbons (Fsp3) is 0.636. The Balaban J connectivity index is 1.45. The predicted octanol–water partition coefficient (Wildman–Crippen LogP) is 1.91. The van der Waals surface area contributed by atoms with Gasteiger partial charge in [-0.3, -0.25) is 14.5 Å². The largest absolute Gasteiger partial charge is 0.340 e.